The van der Waals surface area contributed by atoms with E-state index in [0.29, 0.717) is 23.6 Å². The van der Waals surface area contributed by atoms with Gasteiger partial charge in [0.1, 0.15) is 5.52 Å². The molecule has 0 aromatic carbocycles. The lowest BCUT2D eigenvalue weighted by Gasteiger charge is -2.39. The topological polar surface area (TPSA) is 104 Å². The van der Waals surface area contributed by atoms with Crippen LogP contribution in [0.4, 0.5) is 11.8 Å². The summed E-state index contributed by atoms with van der Waals surface area (Å²) in [5.41, 5.74) is 7.29. The summed E-state index contributed by atoms with van der Waals surface area (Å²) in [5, 5.41) is 9.41. The molecule has 2 aliphatic heterocycles. The van der Waals surface area contributed by atoms with Crippen molar-refractivity contribution < 1.29 is 5.11 Å². The predicted molar refractivity (Wildman–Crippen MR) is 75.2 cm³/mol. The Morgan fingerprint density at radius 3 is 2.75 bits per heavy atom. The van der Waals surface area contributed by atoms with Crippen molar-refractivity contribution in [3.05, 3.63) is 6.33 Å². The van der Waals surface area contributed by atoms with E-state index in [1.165, 1.54) is 0 Å². The van der Waals surface area contributed by atoms with E-state index < -0.39 is 0 Å². The predicted octanol–water partition coefficient (Wildman–Crippen LogP) is 0.675. The molecule has 7 nitrogen and oxygen atoms in total. The lowest BCUT2D eigenvalue weighted by molar-refractivity contribution is 0.185. The Morgan fingerprint density at radius 2 is 2.05 bits per heavy atom. The highest BCUT2D eigenvalue weighted by Gasteiger charge is 2.42. The molecule has 0 aliphatic carbocycles. The highest BCUT2D eigenvalue weighted by molar-refractivity contribution is 5.84. The molecular formula is C13H18N6O. The van der Waals surface area contributed by atoms with E-state index in [9.17, 15) is 5.11 Å². The number of aromatic amines is 1. The first-order valence-corrected chi connectivity index (χ1v) is 7.12. The molecule has 2 fully saturated rings. The Balaban J connectivity index is 1.78. The molecule has 3 atom stereocenters. The summed E-state index contributed by atoms with van der Waals surface area (Å²) >= 11 is 0. The number of imidazole rings is 1. The number of rotatable bonds is 2. The van der Waals surface area contributed by atoms with Gasteiger partial charge in [-0.05, 0) is 31.6 Å². The number of fused-ring (bicyclic) bond motifs is 3. The van der Waals surface area contributed by atoms with Crippen LogP contribution in [0.25, 0.3) is 11.2 Å². The maximum absolute atomic E-state index is 9.41. The molecule has 2 aromatic rings. The number of hydrogen-bond acceptors (Lipinski definition) is 6. The molecule has 106 valence electrons. The van der Waals surface area contributed by atoms with E-state index in [2.05, 4.69) is 24.8 Å². The molecule has 7 heteroatoms. The van der Waals surface area contributed by atoms with Crippen LogP contribution in [0, 0.1) is 5.92 Å². The van der Waals surface area contributed by atoms with Crippen LogP contribution < -0.4 is 10.6 Å². The van der Waals surface area contributed by atoms with Crippen LogP contribution in [0.1, 0.15) is 25.7 Å². The van der Waals surface area contributed by atoms with Crippen LogP contribution in [0.5, 0.6) is 0 Å². The van der Waals surface area contributed by atoms with E-state index in [1.807, 2.05) is 0 Å². The number of nitrogens with one attached hydrogen (secondary N) is 1. The van der Waals surface area contributed by atoms with Crippen LogP contribution in [-0.2, 0) is 0 Å². The lowest BCUT2D eigenvalue weighted by Crippen LogP contribution is -2.44. The summed E-state index contributed by atoms with van der Waals surface area (Å²) < 4.78 is 0. The van der Waals surface area contributed by atoms with Crippen molar-refractivity contribution in [2.75, 3.05) is 17.2 Å². The third kappa shape index (κ3) is 1.66. The first kappa shape index (κ1) is 11.9. The zero-order chi connectivity index (χ0) is 13.7. The van der Waals surface area contributed by atoms with Gasteiger partial charge in [0.25, 0.3) is 0 Å². The molecule has 2 saturated heterocycles. The van der Waals surface area contributed by atoms with Crippen LogP contribution in [0.15, 0.2) is 6.33 Å². The maximum atomic E-state index is 9.41. The maximum Gasteiger partial charge on any atom is 0.224 e. The quantitative estimate of drug-likeness (QED) is 0.743. The largest absolute Gasteiger partial charge is 0.396 e. The highest BCUT2D eigenvalue weighted by atomic mass is 16.3. The average Bonchev–Trinajstić information content (AvgIpc) is 3.00. The molecule has 2 aliphatic rings. The zero-order valence-electron chi connectivity index (χ0n) is 11.2. The van der Waals surface area contributed by atoms with Gasteiger partial charge in [0.15, 0.2) is 11.5 Å². The third-order valence-electron chi connectivity index (χ3n) is 4.62. The molecule has 2 aromatic heterocycles. The average molecular weight is 274 g/mol. The second-order valence-corrected chi connectivity index (χ2v) is 5.82. The number of piperidine rings is 1. The Hall–Kier alpha value is -1.89. The summed E-state index contributed by atoms with van der Waals surface area (Å²) in [7, 11) is 0. The zero-order valence-corrected chi connectivity index (χ0v) is 11.2. The van der Waals surface area contributed by atoms with Crippen molar-refractivity contribution in [2.24, 2.45) is 5.92 Å². The van der Waals surface area contributed by atoms with Gasteiger partial charge in [0, 0.05) is 18.7 Å². The Morgan fingerprint density at radius 1 is 1.30 bits per heavy atom. The molecule has 1 unspecified atom stereocenters. The molecule has 4 rings (SSSR count). The van der Waals surface area contributed by atoms with E-state index in [0.717, 1.165) is 37.0 Å². The van der Waals surface area contributed by atoms with E-state index >= 15 is 0 Å². The number of nitrogens with zero attached hydrogens (tertiary/aromatic N) is 4. The smallest absolute Gasteiger partial charge is 0.224 e. The number of anilines is 2. The standard InChI is InChI=1S/C13H18N6O/c14-13-17-11-10(15-6-16-11)12(18-13)19-8-1-2-9(19)4-7(3-8)5-20/h6-9,20H,1-5H2,(H3,14,15,16,17,18)/t7?,8-,9+. The fraction of sp³-hybridized carbons (Fsp3) is 0.615. The number of H-pyrrole nitrogens is 1. The fourth-order valence-electron chi connectivity index (χ4n) is 3.81. The molecule has 2 bridgehead atoms. The van der Waals surface area contributed by atoms with Gasteiger partial charge < -0.3 is 20.7 Å². The summed E-state index contributed by atoms with van der Waals surface area (Å²) in [6.07, 6.45) is 5.98. The minimum Gasteiger partial charge on any atom is -0.396 e. The molecule has 4 N–H and O–H groups in total. The summed E-state index contributed by atoms with van der Waals surface area (Å²) in [6.45, 7) is 0.284. The second-order valence-electron chi connectivity index (χ2n) is 5.82. The number of nitrogens with two attached hydrogens (primary N) is 1. The van der Waals surface area contributed by atoms with Crippen molar-refractivity contribution in [2.45, 2.75) is 37.8 Å². The van der Waals surface area contributed by atoms with Crippen LogP contribution in [0.3, 0.4) is 0 Å². The first-order chi connectivity index (χ1) is 9.76. The van der Waals surface area contributed by atoms with E-state index in [4.69, 9.17) is 5.73 Å². The minimum atomic E-state index is 0.267. The lowest BCUT2D eigenvalue weighted by atomic mass is 9.91. The van der Waals surface area contributed by atoms with Gasteiger partial charge in [-0.3, -0.25) is 0 Å². The molecule has 0 radical (unpaired) electrons. The minimum absolute atomic E-state index is 0.267. The highest BCUT2D eigenvalue weighted by Crippen LogP contribution is 2.42. The summed E-state index contributed by atoms with van der Waals surface area (Å²) in [6, 6.07) is 0.874. The number of hydrogen-bond donors (Lipinski definition) is 3. The second kappa shape index (κ2) is 4.31. The van der Waals surface area contributed by atoms with Crippen LogP contribution >= 0.6 is 0 Å². The number of aliphatic hydroxyl groups excluding tert-OH is 1. The SMILES string of the molecule is Nc1nc(N2[C@@H]3CC[C@H]2CC(CO)C3)c2[nH]cnc2n1. The van der Waals surface area contributed by atoms with Gasteiger partial charge in [-0.1, -0.05) is 0 Å². The molecule has 0 saturated carbocycles. The Bertz CT molecular complexity index is 627. The van der Waals surface area contributed by atoms with Crippen molar-refractivity contribution in [1.29, 1.82) is 0 Å². The van der Waals surface area contributed by atoms with Crippen molar-refractivity contribution in [1.82, 2.24) is 19.9 Å². The van der Waals surface area contributed by atoms with Crippen LogP contribution in [0.2, 0.25) is 0 Å². The van der Waals surface area contributed by atoms with Crippen molar-refractivity contribution in [3.8, 4) is 0 Å². The van der Waals surface area contributed by atoms with E-state index in [-0.39, 0.29) is 12.6 Å². The third-order valence-corrected chi connectivity index (χ3v) is 4.62. The monoisotopic (exact) mass is 274 g/mol. The molecule has 0 amide bonds. The Kier molecular flexibility index (Phi) is 2.56. The van der Waals surface area contributed by atoms with Gasteiger partial charge in [-0.2, -0.15) is 9.97 Å². The number of nitrogen functional groups attached to an aromatic ring is 1. The summed E-state index contributed by atoms with van der Waals surface area (Å²) in [5.74, 6) is 1.55. The molecule has 20 heavy (non-hydrogen) atoms. The van der Waals surface area contributed by atoms with Gasteiger partial charge in [-0.25, -0.2) is 4.98 Å². The molecular weight excluding hydrogens is 256 g/mol. The molecule has 4 heterocycles. The van der Waals surface area contributed by atoms with E-state index in [1.54, 1.807) is 6.33 Å². The fourth-order valence-corrected chi connectivity index (χ4v) is 3.81. The van der Waals surface area contributed by atoms with Gasteiger partial charge in [-0.15, -0.1) is 0 Å². The van der Waals surface area contributed by atoms with Crippen molar-refractivity contribution >= 4 is 22.9 Å². The number of aliphatic hydroxyl groups is 1. The summed E-state index contributed by atoms with van der Waals surface area (Å²) in [4.78, 5) is 18.3. The van der Waals surface area contributed by atoms with Gasteiger partial charge in [0.05, 0.1) is 6.33 Å². The van der Waals surface area contributed by atoms with Crippen LogP contribution in [-0.4, -0.2) is 43.7 Å². The normalized spacial score (nSPS) is 29.2. The Labute approximate surface area is 116 Å². The number of aromatic nitrogens is 4. The van der Waals surface area contributed by atoms with Gasteiger partial charge in [0.2, 0.25) is 5.95 Å². The first-order valence-electron chi connectivity index (χ1n) is 7.12. The van der Waals surface area contributed by atoms with Gasteiger partial charge >= 0.3 is 0 Å². The van der Waals surface area contributed by atoms with Crippen molar-refractivity contribution in [3.63, 3.8) is 0 Å². The molecule has 0 spiro atoms.